The average Bonchev–Trinajstić information content (AvgIpc) is 2.87. The monoisotopic (exact) mass is 329 g/mol. The lowest BCUT2D eigenvalue weighted by Gasteiger charge is -2.15. The molecule has 0 fully saturated rings. The third-order valence-corrected chi connectivity index (χ3v) is 3.08. The molecule has 2 aromatic rings. The fourth-order valence-electron chi connectivity index (χ4n) is 1.76. The Balaban J connectivity index is 2.55. The van der Waals surface area contributed by atoms with Crippen LogP contribution in [0.4, 0.5) is 13.1 Å². The molecule has 5 nitrogen and oxygen atoms in total. The second-order valence-corrected chi connectivity index (χ2v) is 5.01. The standard InChI is InChI=1S/C12H12BClF3N5/c1-13(17)7-2-5-10-20-21-11(22(10)6-7)12(15,16)8(18)3-4-9(14)19/h2-6H,18-19H2,1H3/b8-3-,9-4-. The Morgan fingerprint density at radius 1 is 1.32 bits per heavy atom. The van der Waals surface area contributed by atoms with E-state index in [0.29, 0.717) is 0 Å². The maximum Gasteiger partial charge on any atom is 0.379 e. The molecule has 2 rings (SSSR count). The number of pyridine rings is 1. The van der Waals surface area contributed by atoms with Crippen LogP contribution in [0.1, 0.15) is 5.82 Å². The van der Waals surface area contributed by atoms with Crippen LogP contribution in [0, 0.1) is 0 Å². The molecule has 0 radical (unpaired) electrons. The third kappa shape index (κ3) is 3.04. The highest BCUT2D eigenvalue weighted by atomic mass is 35.5. The highest BCUT2D eigenvalue weighted by Gasteiger charge is 2.40. The molecule has 2 heterocycles. The van der Waals surface area contributed by atoms with E-state index in [1.807, 2.05) is 0 Å². The van der Waals surface area contributed by atoms with Crippen LogP contribution in [0.15, 0.2) is 41.3 Å². The summed E-state index contributed by atoms with van der Waals surface area (Å²) >= 11 is 5.37. The molecule has 0 saturated carbocycles. The SMILES string of the molecule is CB(F)c1ccc2nnc(C(F)(F)/C(N)=C/C=C(\N)Cl)n2c1. The summed E-state index contributed by atoms with van der Waals surface area (Å²) in [7, 11) is 0. The van der Waals surface area contributed by atoms with Crippen LogP contribution in [0.2, 0.25) is 6.82 Å². The van der Waals surface area contributed by atoms with Crippen LogP contribution >= 0.6 is 11.6 Å². The van der Waals surface area contributed by atoms with Crippen molar-refractivity contribution in [2.24, 2.45) is 11.5 Å². The lowest BCUT2D eigenvalue weighted by atomic mass is 9.68. The minimum absolute atomic E-state index is 0.152. The quantitative estimate of drug-likeness (QED) is 0.506. The lowest BCUT2D eigenvalue weighted by molar-refractivity contribution is 0.0253. The van der Waals surface area contributed by atoms with E-state index >= 15 is 0 Å². The zero-order chi connectivity index (χ0) is 16.5. The summed E-state index contributed by atoms with van der Waals surface area (Å²) in [5, 5.41) is 6.88. The van der Waals surface area contributed by atoms with Crippen molar-refractivity contribution in [1.29, 1.82) is 0 Å². The summed E-state index contributed by atoms with van der Waals surface area (Å²) in [4.78, 5) is 0. The number of fused-ring (bicyclic) bond motifs is 1. The molecular formula is C12H12BClF3N5. The summed E-state index contributed by atoms with van der Waals surface area (Å²) in [5.41, 5.74) is 10.1. The number of alkyl halides is 2. The van der Waals surface area contributed by atoms with Crippen molar-refractivity contribution in [2.75, 3.05) is 0 Å². The molecule has 0 aliphatic rings. The number of rotatable bonds is 4. The van der Waals surface area contributed by atoms with Crippen molar-refractivity contribution in [3.05, 3.63) is 47.2 Å². The van der Waals surface area contributed by atoms with Crippen LogP contribution < -0.4 is 16.9 Å². The molecule has 116 valence electrons. The van der Waals surface area contributed by atoms with Crippen molar-refractivity contribution in [1.82, 2.24) is 14.6 Å². The number of allylic oxidation sites excluding steroid dienone is 3. The van der Waals surface area contributed by atoms with Crippen molar-refractivity contribution in [3.63, 3.8) is 0 Å². The molecule has 22 heavy (non-hydrogen) atoms. The van der Waals surface area contributed by atoms with E-state index in [9.17, 15) is 13.1 Å². The number of hydrogen-bond acceptors (Lipinski definition) is 4. The van der Waals surface area contributed by atoms with Crippen LogP contribution in [0.25, 0.3) is 5.65 Å². The summed E-state index contributed by atoms with van der Waals surface area (Å²) in [6, 6.07) is 2.85. The van der Waals surface area contributed by atoms with E-state index in [-0.39, 0.29) is 16.3 Å². The molecule has 0 atom stereocenters. The normalized spacial score (nSPS) is 13.7. The molecule has 0 spiro atoms. The van der Waals surface area contributed by atoms with Gasteiger partial charge in [0.25, 0.3) is 0 Å². The van der Waals surface area contributed by atoms with Crippen molar-refractivity contribution < 1.29 is 13.1 Å². The number of nitrogens with two attached hydrogens (primary N) is 2. The van der Waals surface area contributed by atoms with Crippen LogP contribution in [-0.2, 0) is 5.92 Å². The summed E-state index contributed by atoms with van der Waals surface area (Å²) in [5.74, 6) is -4.35. The fourth-order valence-corrected chi connectivity index (χ4v) is 1.82. The average molecular weight is 330 g/mol. The molecule has 0 amide bonds. The number of nitrogens with zero attached hydrogens (tertiary/aromatic N) is 3. The van der Waals surface area contributed by atoms with Gasteiger partial charge in [0, 0.05) is 6.20 Å². The maximum absolute atomic E-state index is 14.4. The predicted molar refractivity (Wildman–Crippen MR) is 79.6 cm³/mol. The molecule has 0 saturated heterocycles. The summed E-state index contributed by atoms with van der Waals surface area (Å²) < 4.78 is 43.1. The topological polar surface area (TPSA) is 82.2 Å². The maximum atomic E-state index is 14.4. The predicted octanol–water partition coefficient (Wildman–Crippen LogP) is 1.50. The Kier molecular flexibility index (Phi) is 4.36. The van der Waals surface area contributed by atoms with Gasteiger partial charge >= 0.3 is 12.9 Å². The van der Waals surface area contributed by atoms with Gasteiger partial charge in [-0.25, -0.2) is 0 Å². The van der Waals surface area contributed by atoms with E-state index in [0.717, 1.165) is 16.6 Å². The van der Waals surface area contributed by atoms with Gasteiger partial charge < -0.3 is 15.8 Å². The third-order valence-electron chi connectivity index (χ3n) is 2.95. The number of hydrogen-bond donors (Lipinski definition) is 2. The van der Waals surface area contributed by atoms with Gasteiger partial charge in [-0.2, -0.15) is 8.78 Å². The van der Waals surface area contributed by atoms with Gasteiger partial charge in [0.2, 0.25) is 5.82 Å². The molecule has 4 N–H and O–H groups in total. The van der Waals surface area contributed by atoms with Crippen molar-refractivity contribution in [3.8, 4) is 0 Å². The van der Waals surface area contributed by atoms with Crippen molar-refractivity contribution in [2.45, 2.75) is 12.7 Å². The van der Waals surface area contributed by atoms with E-state index < -0.39 is 24.4 Å². The van der Waals surface area contributed by atoms with Gasteiger partial charge in [0.1, 0.15) is 0 Å². The number of aromatic nitrogens is 3. The smallest absolute Gasteiger partial charge is 0.379 e. The summed E-state index contributed by atoms with van der Waals surface area (Å²) in [6.07, 6.45) is 3.12. The summed E-state index contributed by atoms with van der Waals surface area (Å²) in [6.45, 7) is -0.0220. The van der Waals surface area contributed by atoms with Crippen LogP contribution in [0.5, 0.6) is 0 Å². The van der Waals surface area contributed by atoms with Crippen LogP contribution in [0.3, 0.4) is 0 Å². The molecule has 0 aliphatic carbocycles. The van der Waals surface area contributed by atoms with Crippen LogP contribution in [-0.4, -0.2) is 21.6 Å². The first-order chi connectivity index (χ1) is 10.2. The van der Waals surface area contributed by atoms with E-state index in [4.69, 9.17) is 23.1 Å². The van der Waals surface area contributed by atoms with Gasteiger partial charge in [0.15, 0.2) is 5.65 Å². The molecule has 10 heteroatoms. The number of halogens is 4. The molecule has 0 bridgehead atoms. The molecule has 0 aliphatic heterocycles. The van der Waals surface area contributed by atoms with Gasteiger partial charge in [0.05, 0.1) is 10.9 Å². The lowest BCUT2D eigenvalue weighted by Crippen LogP contribution is -2.28. The zero-order valence-electron chi connectivity index (χ0n) is 11.5. The minimum atomic E-state index is -3.62. The first-order valence-corrected chi connectivity index (χ1v) is 6.57. The highest BCUT2D eigenvalue weighted by Crippen LogP contribution is 2.31. The van der Waals surface area contributed by atoms with E-state index in [1.54, 1.807) is 0 Å². The first kappa shape index (κ1) is 16.2. The molecular weight excluding hydrogens is 317 g/mol. The van der Waals surface area contributed by atoms with E-state index in [1.165, 1.54) is 25.2 Å². The van der Waals surface area contributed by atoms with Gasteiger partial charge in [-0.3, -0.25) is 4.40 Å². The second-order valence-electron chi connectivity index (χ2n) is 4.58. The molecule has 2 aromatic heterocycles. The first-order valence-electron chi connectivity index (χ1n) is 6.19. The Morgan fingerprint density at radius 3 is 2.59 bits per heavy atom. The van der Waals surface area contributed by atoms with E-state index in [2.05, 4.69) is 10.2 Å². The largest absolute Gasteiger partial charge is 0.397 e. The Labute approximate surface area is 129 Å². The molecule has 0 unspecified atom stereocenters. The fraction of sp³-hybridized carbons (Fsp3) is 0.167. The second kappa shape index (κ2) is 5.92. The van der Waals surface area contributed by atoms with Gasteiger partial charge in [-0.1, -0.05) is 17.7 Å². The van der Waals surface area contributed by atoms with Crippen molar-refractivity contribution >= 4 is 29.7 Å². The Hall–Kier alpha value is -2.16. The van der Waals surface area contributed by atoms with Gasteiger partial charge in [-0.15, -0.1) is 10.2 Å². The molecule has 0 aromatic carbocycles. The zero-order valence-corrected chi connectivity index (χ0v) is 12.2. The minimum Gasteiger partial charge on any atom is -0.397 e. The highest BCUT2D eigenvalue weighted by molar-refractivity contribution is 6.65. The van der Waals surface area contributed by atoms with Gasteiger partial charge in [-0.05, 0) is 30.5 Å². The Morgan fingerprint density at radius 2 is 2.00 bits per heavy atom. The Bertz CT molecular complexity index is 752.